The Morgan fingerprint density at radius 2 is 0.600 bits per heavy atom. The van der Waals surface area contributed by atoms with Crippen LogP contribution in [-0.4, -0.2) is 23.2 Å². The van der Waals surface area contributed by atoms with Gasteiger partial charge in [0.25, 0.3) is 0 Å². The van der Waals surface area contributed by atoms with E-state index in [1.807, 2.05) is 0 Å². The van der Waals surface area contributed by atoms with E-state index in [9.17, 15) is 0 Å². The van der Waals surface area contributed by atoms with Crippen LogP contribution in [0.15, 0.2) is 0 Å². The highest BCUT2D eigenvalue weighted by Gasteiger charge is 2.44. The average molecular weight is 489 g/mol. The van der Waals surface area contributed by atoms with Gasteiger partial charge in [-0.25, -0.2) is 0 Å². The van der Waals surface area contributed by atoms with Crippen LogP contribution in [-0.2, 0) is 10.3 Å². The quantitative estimate of drug-likeness (QED) is 0.371. The second-order valence-corrected chi connectivity index (χ2v) is 70.5. The van der Waals surface area contributed by atoms with Crippen LogP contribution in [0.4, 0.5) is 0 Å². The molecule has 0 saturated carbocycles. The zero-order chi connectivity index (χ0) is 20.4. The molecule has 1 heterocycles. The van der Waals surface area contributed by atoms with Crippen molar-refractivity contribution in [3.8, 4) is 0 Å². The van der Waals surface area contributed by atoms with E-state index in [0.29, 0.717) is 29.6 Å². The lowest BCUT2D eigenvalue weighted by atomic mass is 10.3. The Bertz CT molecular complexity index is 495. The molecule has 8 heteroatoms. The fourth-order valence-corrected chi connectivity index (χ4v) is 217. The standard InChI is InChI=1S/C17H45P5Si3/c1-16(2,3)18-19(17(4,5)6)21(24(10,11)12)22(25(13,14)15)20(18)23(7,8)9/h1-15H3. The van der Waals surface area contributed by atoms with Gasteiger partial charge in [0.15, 0.2) is 0 Å². The average Bonchev–Trinajstić information content (AvgIpc) is 2.61. The summed E-state index contributed by atoms with van der Waals surface area (Å²) in [5, 5.41) is 1.13. The molecule has 1 aromatic heterocycles. The predicted octanol–water partition coefficient (Wildman–Crippen LogP) is 11.3. The first-order valence-corrected chi connectivity index (χ1v) is 32.9. The summed E-state index contributed by atoms with van der Waals surface area (Å²) < 4.78 is 0. The molecule has 0 aliphatic rings. The van der Waals surface area contributed by atoms with Gasteiger partial charge in [-0.2, -0.15) is 0 Å². The largest absolute Gasteiger partial charge is 0.108 e. The molecular weight excluding hydrogens is 443 g/mol. The van der Waals surface area contributed by atoms with Gasteiger partial charge >= 0.3 is 0 Å². The lowest BCUT2D eigenvalue weighted by Crippen LogP contribution is -2.19. The van der Waals surface area contributed by atoms with Crippen LogP contribution >= 0.6 is 33.1 Å². The SMILES string of the molecule is CC(C)(C)p1p(C(C)(C)C)p([Si](C)(C)C)p([Si](C)(C)C)p1[Si](C)(C)C. The Kier molecular flexibility index (Phi) is 7.50. The zero-order valence-electron chi connectivity index (χ0n) is 19.7. The first kappa shape index (κ1) is 25.2. The molecule has 0 spiro atoms. The molecular formula is C17H45P5Si3. The van der Waals surface area contributed by atoms with Gasteiger partial charge in [-0.15, -0.1) is 19.3 Å². The van der Waals surface area contributed by atoms with Crippen molar-refractivity contribution in [1.29, 1.82) is 0 Å². The van der Waals surface area contributed by atoms with Crippen molar-refractivity contribution < 1.29 is 0 Å². The highest BCUT2D eigenvalue weighted by molar-refractivity contribution is 8.87. The van der Waals surface area contributed by atoms with Gasteiger partial charge in [0.1, 0.15) is 23.2 Å². The fraction of sp³-hybridized carbons (Fsp3) is 1.00. The van der Waals surface area contributed by atoms with E-state index >= 15 is 0 Å². The van der Waals surface area contributed by atoms with Gasteiger partial charge in [-0.3, -0.25) is 0 Å². The summed E-state index contributed by atoms with van der Waals surface area (Å²) in [6, 6.07) is 0. The van der Waals surface area contributed by atoms with Crippen molar-refractivity contribution in [3.05, 3.63) is 0 Å². The van der Waals surface area contributed by atoms with Crippen LogP contribution in [0.25, 0.3) is 0 Å². The zero-order valence-corrected chi connectivity index (χ0v) is 27.2. The summed E-state index contributed by atoms with van der Waals surface area (Å²) >= 11 is 0. The van der Waals surface area contributed by atoms with E-state index in [1.54, 1.807) is 0 Å². The van der Waals surface area contributed by atoms with Gasteiger partial charge in [-0.1, -0.05) is 114 Å². The molecule has 0 saturated heterocycles. The Balaban J connectivity index is 4.40. The van der Waals surface area contributed by atoms with Crippen molar-refractivity contribution in [2.24, 2.45) is 0 Å². The monoisotopic (exact) mass is 488 g/mol. The fourth-order valence-electron chi connectivity index (χ4n) is 3.24. The molecule has 0 N–H and O–H groups in total. The van der Waals surface area contributed by atoms with Crippen molar-refractivity contribution in [1.82, 2.24) is 0 Å². The first-order chi connectivity index (χ1) is 10.6. The number of hydrogen-bond acceptors (Lipinski definition) is 0. The third-order valence-corrected chi connectivity index (χ3v) is 113. The summed E-state index contributed by atoms with van der Waals surface area (Å²) in [4.78, 5) is 0. The van der Waals surface area contributed by atoms with Gasteiger partial charge in [0.2, 0.25) is 0 Å². The van der Waals surface area contributed by atoms with Crippen LogP contribution in [0.3, 0.4) is 0 Å². The molecule has 0 aliphatic carbocycles. The smallest absolute Gasteiger partial charge is 0.105 e. The van der Waals surface area contributed by atoms with Crippen LogP contribution in [0.2, 0.25) is 58.9 Å². The molecule has 4 unspecified atom stereocenters. The van der Waals surface area contributed by atoms with Gasteiger partial charge in [0.05, 0.1) is 0 Å². The second kappa shape index (κ2) is 7.44. The molecule has 150 valence electrons. The third-order valence-electron chi connectivity index (χ3n) is 3.90. The molecule has 0 aromatic carbocycles. The molecule has 0 radical (unpaired) electrons. The summed E-state index contributed by atoms with van der Waals surface area (Å²) in [6.45, 7) is 41.1. The van der Waals surface area contributed by atoms with Crippen molar-refractivity contribution >= 4 is 56.3 Å². The first-order valence-electron chi connectivity index (χ1n) is 9.62. The summed E-state index contributed by atoms with van der Waals surface area (Å²) in [6.07, 6.45) is 1.01. The van der Waals surface area contributed by atoms with E-state index in [1.165, 1.54) is 0 Å². The molecule has 0 nitrogen and oxygen atoms in total. The molecule has 0 fully saturated rings. The van der Waals surface area contributed by atoms with E-state index < -0.39 is 23.2 Å². The highest BCUT2D eigenvalue weighted by atomic mass is 32.8. The third kappa shape index (κ3) is 5.61. The minimum Gasteiger partial charge on any atom is -0.105 e. The number of hydrogen-bond donors (Lipinski definition) is 0. The number of rotatable bonds is 3. The Hall–Kier alpha value is 2.15. The lowest BCUT2D eigenvalue weighted by Gasteiger charge is -2.34. The minimum atomic E-state index is -1.10. The van der Waals surface area contributed by atoms with Crippen LogP contribution in [0.1, 0.15) is 41.5 Å². The Labute approximate surface area is 166 Å². The molecule has 0 amide bonds. The van der Waals surface area contributed by atoms with Crippen molar-refractivity contribution in [2.75, 3.05) is 0 Å². The highest BCUT2D eigenvalue weighted by Crippen LogP contribution is 2.97. The normalized spacial score (nSPS) is 18.6. The van der Waals surface area contributed by atoms with Gasteiger partial charge in [-0.05, 0) is 0 Å². The summed E-state index contributed by atoms with van der Waals surface area (Å²) in [7, 11) is -3.29. The Morgan fingerprint density at radius 1 is 0.400 bits per heavy atom. The van der Waals surface area contributed by atoms with Crippen molar-refractivity contribution in [3.63, 3.8) is 0 Å². The summed E-state index contributed by atoms with van der Waals surface area (Å²) in [5.74, 6) is 0. The minimum absolute atomic E-state index is 0.222. The molecule has 0 aliphatic heterocycles. The maximum absolute atomic E-state index is 2.77. The molecule has 0 bridgehead atoms. The topological polar surface area (TPSA) is 0 Å². The lowest BCUT2D eigenvalue weighted by molar-refractivity contribution is 0.713. The maximum Gasteiger partial charge on any atom is 0.108 e. The molecule has 25 heavy (non-hydrogen) atoms. The van der Waals surface area contributed by atoms with E-state index in [4.69, 9.17) is 0 Å². The van der Waals surface area contributed by atoms with Crippen LogP contribution in [0.5, 0.6) is 0 Å². The molecule has 1 rings (SSSR count). The molecule has 4 atom stereocenters. The van der Waals surface area contributed by atoms with E-state index in [0.717, 1.165) is 0 Å². The van der Waals surface area contributed by atoms with Gasteiger partial charge < -0.3 is 0 Å². The van der Waals surface area contributed by atoms with E-state index in [-0.39, 0.29) is 13.8 Å². The molecule has 1 aromatic rings. The van der Waals surface area contributed by atoms with Crippen LogP contribution in [0, 0.1) is 0 Å². The predicted molar refractivity (Wildman–Crippen MR) is 144 cm³/mol. The van der Waals surface area contributed by atoms with E-state index in [2.05, 4.69) is 100 Å². The summed E-state index contributed by atoms with van der Waals surface area (Å²) in [5.41, 5.74) is 0. The second-order valence-electron chi connectivity index (χ2n) is 12.3. The maximum atomic E-state index is 2.77. The van der Waals surface area contributed by atoms with Crippen LogP contribution < -0.4 is 0 Å². The Morgan fingerprint density at radius 3 is 0.720 bits per heavy atom. The van der Waals surface area contributed by atoms with Crippen molar-refractivity contribution in [2.45, 2.75) is 111 Å². The van der Waals surface area contributed by atoms with Gasteiger partial charge in [0, 0.05) is 10.3 Å².